The molecule has 2 atom stereocenters. The van der Waals surface area contributed by atoms with Gasteiger partial charge in [-0.3, -0.25) is 0 Å². The van der Waals surface area contributed by atoms with Crippen LogP contribution in [-0.2, 0) is 12.8 Å². The zero-order chi connectivity index (χ0) is 13.2. The Morgan fingerprint density at radius 3 is 3.00 bits per heavy atom. The molecule has 0 radical (unpaired) electrons. The van der Waals surface area contributed by atoms with Crippen LogP contribution < -0.4 is 5.73 Å². The molecule has 5 heteroatoms. The molecular weight excluding hydrogens is 238 g/mol. The number of rotatable bonds is 3. The van der Waals surface area contributed by atoms with Crippen molar-refractivity contribution in [2.24, 2.45) is 11.7 Å². The standard InChI is InChI=1S/C14H25N5/c1-2-18-8-4-5-11(10-18)9-13-16-14-7-3-6-12(15)19(14)17-13/h11-12H,2-10,15H2,1H3. The molecule has 19 heavy (non-hydrogen) atoms. The van der Waals surface area contributed by atoms with Gasteiger partial charge in [0.25, 0.3) is 0 Å². The van der Waals surface area contributed by atoms with E-state index in [1.807, 2.05) is 4.68 Å². The second-order valence-corrected chi connectivity index (χ2v) is 5.95. The van der Waals surface area contributed by atoms with Gasteiger partial charge in [-0.1, -0.05) is 6.92 Å². The molecule has 0 bridgehead atoms. The fraction of sp³-hybridized carbons (Fsp3) is 0.857. The van der Waals surface area contributed by atoms with Gasteiger partial charge in [-0.05, 0) is 44.7 Å². The molecule has 3 heterocycles. The highest BCUT2D eigenvalue weighted by Crippen LogP contribution is 2.22. The minimum Gasteiger partial charge on any atom is -0.310 e. The number of hydrogen-bond acceptors (Lipinski definition) is 4. The second-order valence-electron chi connectivity index (χ2n) is 5.95. The summed E-state index contributed by atoms with van der Waals surface area (Å²) in [6.45, 7) is 5.86. The van der Waals surface area contributed by atoms with E-state index in [1.165, 1.54) is 25.9 Å². The quantitative estimate of drug-likeness (QED) is 0.894. The maximum atomic E-state index is 6.09. The van der Waals surface area contributed by atoms with Crippen molar-refractivity contribution < 1.29 is 0 Å². The third-order valence-electron chi connectivity index (χ3n) is 4.48. The summed E-state index contributed by atoms with van der Waals surface area (Å²) in [6.07, 6.45) is 6.89. The fourth-order valence-corrected chi connectivity index (χ4v) is 3.38. The van der Waals surface area contributed by atoms with Crippen molar-refractivity contribution in [3.8, 4) is 0 Å². The summed E-state index contributed by atoms with van der Waals surface area (Å²) in [4.78, 5) is 7.24. The number of nitrogens with zero attached hydrogens (tertiary/aromatic N) is 4. The average Bonchev–Trinajstić information content (AvgIpc) is 2.83. The van der Waals surface area contributed by atoms with Crippen LogP contribution in [0.4, 0.5) is 0 Å². The Morgan fingerprint density at radius 2 is 2.21 bits per heavy atom. The summed E-state index contributed by atoms with van der Waals surface area (Å²) in [5, 5.41) is 4.64. The Hall–Kier alpha value is -0.940. The molecule has 2 N–H and O–H groups in total. The van der Waals surface area contributed by atoms with Crippen LogP contribution in [0.1, 0.15) is 50.4 Å². The fourth-order valence-electron chi connectivity index (χ4n) is 3.38. The first kappa shape index (κ1) is 13.1. The minimum atomic E-state index is 0.0449. The van der Waals surface area contributed by atoms with Gasteiger partial charge < -0.3 is 10.6 Å². The van der Waals surface area contributed by atoms with Gasteiger partial charge in [0.2, 0.25) is 0 Å². The number of hydrogen-bond donors (Lipinski definition) is 1. The SMILES string of the molecule is CCN1CCCC(Cc2nc3n(n2)C(N)CCC3)C1. The lowest BCUT2D eigenvalue weighted by Crippen LogP contribution is -2.36. The zero-order valence-corrected chi connectivity index (χ0v) is 11.9. The highest BCUT2D eigenvalue weighted by Gasteiger charge is 2.24. The van der Waals surface area contributed by atoms with Crippen molar-refractivity contribution in [2.45, 2.75) is 51.6 Å². The highest BCUT2D eigenvalue weighted by atomic mass is 15.4. The smallest absolute Gasteiger partial charge is 0.151 e. The molecule has 1 aromatic heterocycles. The van der Waals surface area contributed by atoms with E-state index in [4.69, 9.17) is 10.7 Å². The van der Waals surface area contributed by atoms with Crippen molar-refractivity contribution in [3.63, 3.8) is 0 Å². The summed E-state index contributed by atoms with van der Waals surface area (Å²) in [5.74, 6) is 2.82. The predicted molar refractivity (Wildman–Crippen MR) is 74.7 cm³/mol. The van der Waals surface area contributed by atoms with Crippen molar-refractivity contribution in [3.05, 3.63) is 11.6 Å². The summed E-state index contributed by atoms with van der Waals surface area (Å²) in [7, 11) is 0. The Bertz CT molecular complexity index is 427. The number of piperidine rings is 1. The lowest BCUT2D eigenvalue weighted by molar-refractivity contribution is 0.180. The van der Waals surface area contributed by atoms with E-state index < -0.39 is 0 Å². The molecule has 0 aromatic carbocycles. The van der Waals surface area contributed by atoms with E-state index in [0.29, 0.717) is 0 Å². The molecule has 3 rings (SSSR count). The summed E-state index contributed by atoms with van der Waals surface area (Å²) >= 11 is 0. The molecule has 0 saturated carbocycles. The summed E-state index contributed by atoms with van der Waals surface area (Å²) < 4.78 is 1.96. The molecule has 2 aliphatic heterocycles. The van der Waals surface area contributed by atoms with Crippen LogP contribution in [0, 0.1) is 5.92 Å². The largest absolute Gasteiger partial charge is 0.310 e. The Kier molecular flexibility index (Phi) is 3.84. The topological polar surface area (TPSA) is 60.0 Å². The molecule has 0 amide bonds. The number of aromatic nitrogens is 3. The normalized spacial score (nSPS) is 28.3. The minimum absolute atomic E-state index is 0.0449. The number of fused-ring (bicyclic) bond motifs is 1. The molecule has 0 aliphatic carbocycles. The first-order valence-corrected chi connectivity index (χ1v) is 7.68. The zero-order valence-electron chi connectivity index (χ0n) is 11.9. The first-order valence-electron chi connectivity index (χ1n) is 7.68. The monoisotopic (exact) mass is 263 g/mol. The molecule has 106 valence electrons. The van der Waals surface area contributed by atoms with Gasteiger partial charge in [0.1, 0.15) is 12.0 Å². The molecule has 1 aromatic rings. The van der Waals surface area contributed by atoms with Crippen molar-refractivity contribution in [2.75, 3.05) is 19.6 Å². The molecule has 2 unspecified atom stereocenters. The predicted octanol–water partition coefficient (Wildman–Crippen LogP) is 1.35. The van der Waals surface area contributed by atoms with Crippen molar-refractivity contribution >= 4 is 0 Å². The van der Waals surface area contributed by atoms with Crippen LogP contribution in [-0.4, -0.2) is 39.3 Å². The Balaban J connectivity index is 1.66. The molecule has 0 spiro atoms. The third kappa shape index (κ3) is 2.82. The van der Waals surface area contributed by atoms with Crippen LogP contribution >= 0.6 is 0 Å². The van der Waals surface area contributed by atoms with Gasteiger partial charge in [-0.25, -0.2) is 9.67 Å². The number of aryl methyl sites for hydroxylation is 1. The molecule has 2 aliphatic rings. The lowest BCUT2D eigenvalue weighted by Gasteiger charge is -2.31. The van der Waals surface area contributed by atoms with E-state index in [2.05, 4.69) is 16.9 Å². The van der Waals surface area contributed by atoms with Gasteiger partial charge in [0.15, 0.2) is 5.82 Å². The van der Waals surface area contributed by atoms with Crippen LogP contribution in [0.2, 0.25) is 0 Å². The maximum Gasteiger partial charge on any atom is 0.151 e. The van der Waals surface area contributed by atoms with E-state index in [1.54, 1.807) is 0 Å². The summed E-state index contributed by atoms with van der Waals surface area (Å²) in [6, 6.07) is 0. The maximum absolute atomic E-state index is 6.09. The van der Waals surface area contributed by atoms with Gasteiger partial charge >= 0.3 is 0 Å². The van der Waals surface area contributed by atoms with E-state index in [0.717, 1.165) is 49.8 Å². The first-order chi connectivity index (χ1) is 9.26. The van der Waals surface area contributed by atoms with Gasteiger partial charge in [0.05, 0.1) is 0 Å². The van der Waals surface area contributed by atoms with Gasteiger partial charge in [-0.2, -0.15) is 5.10 Å². The number of likely N-dealkylation sites (tertiary alicyclic amines) is 1. The molecule has 1 fully saturated rings. The average molecular weight is 263 g/mol. The van der Waals surface area contributed by atoms with Crippen LogP contribution in [0.15, 0.2) is 0 Å². The van der Waals surface area contributed by atoms with Crippen LogP contribution in [0.5, 0.6) is 0 Å². The Labute approximate surface area is 115 Å². The molecule has 5 nitrogen and oxygen atoms in total. The Morgan fingerprint density at radius 1 is 1.32 bits per heavy atom. The van der Waals surface area contributed by atoms with Crippen molar-refractivity contribution in [1.82, 2.24) is 19.7 Å². The lowest BCUT2D eigenvalue weighted by atomic mass is 9.94. The number of nitrogens with two attached hydrogens (primary N) is 1. The molecule has 1 saturated heterocycles. The second kappa shape index (κ2) is 5.59. The van der Waals surface area contributed by atoms with Gasteiger partial charge in [0, 0.05) is 19.4 Å². The van der Waals surface area contributed by atoms with Crippen molar-refractivity contribution in [1.29, 1.82) is 0 Å². The van der Waals surface area contributed by atoms with E-state index >= 15 is 0 Å². The van der Waals surface area contributed by atoms with Crippen LogP contribution in [0.3, 0.4) is 0 Å². The van der Waals surface area contributed by atoms with E-state index in [9.17, 15) is 0 Å². The van der Waals surface area contributed by atoms with Crippen LogP contribution in [0.25, 0.3) is 0 Å². The molecular formula is C14H25N5. The highest BCUT2D eigenvalue weighted by molar-refractivity contribution is 4.99. The third-order valence-corrected chi connectivity index (χ3v) is 4.48. The van der Waals surface area contributed by atoms with Gasteiger partial charge in [-0.15, -0.1) is 0 Å². The van der Waals surface area contributed by atoms with E-state index in [-0.39, 0.29) is 6.17 Å². The summed E-state index contributed by atoms with van der Waals surface area (Å²) in [5.41, 5.74) is 6.09.